The molecular formula is C13H22N2O. The van der Waals surface area contributed by atoms with Crippen LogP contribution >= 0.6 is 0 Å². The van der Waals surface area contributed by atoms with Gasteiger partial charge in [0.25, 0.3) is 0 Å². The minimum absolute atomic E-state index is 0.0936. The molecule has 1 aromatic rings. The quantitative estimate of drug-likeness (QED) is 0.848. The summed E-state index contributed by atoms with van der Waals surface area (Å²) in [6, 6.07) is 2.21. The molecule has 3 nitrogen and oxygen atoms in total. The van der Waals surface area contributed by atoms with Crippen LogP contribution in [0.5, 0.6) is 0 Å². The van der Waals surface area contributed by atoms with E-state index in [1.807, 2.05) is 11.7 Å². The van der Waals surface area contributed by atoms with Crippen molar-refractivity contribution in [2.45, 2.75) is 45.6 Å². The molecular weight excluding hydrogens is 200 g/mol. The molecule has 1 aliphatic rings. The van der Waals surface area contributed by atoms with Crippen LogP contribution in [0.3, 0.4) is 0 Å². The third-order valence-corrected chi connectivity index (χ3v) is 4.04. The van der Waals surface area contributed by atoms with Crippen LogP contribution in [-0.2, 0) is 19.9 Å². The smallest absolute Gasteiger partial charge is 0.0624 e. The first-order chi connectivity index (χ1) is 7.61. The Kier molecular flexibility index (Phi) is 3.33. The number of hydrogen-bond donors (Lipinski definition) is 1. The Morgan fingerprint density at radius 1 is 1.50 bits per heavy atom. The molecule has 1 N–H and O–H groups in total. The van der Waals surface area contributed by atoms with E-state index >= 15 is 0 Å². The first kappa shape index (κ1) is 11.6. The Morgan fingerprint density at radius 2 is 2.25 bits per heavy atom. The second-order valence-electron chi connectivity index (χ2n) is 5.07. The molecule has 0 radical (unpaired) electrons. The lowest BCUT2D eigenvalue weighted by molar-refractivity contribution is 0.127. The highest BCUT2D eigenvalue weighted by molar-refractivity contribution is 5.11. The minimum atomic E-state index is -0.0936. The molecule has 16 heavy (non-hydrogen) atoms. The molecule has 3 atom stereocenters. The van der Waals surface area contributed by atoms with E-state index in [0.717, 1.165) is 25.7 Å². The van der Waals surface area contributed by atoms with Gasteiger partial charge in [-0.1, -0.05) is 13.8 Å². The standard InChI is InChI=1S/C13H22N2O/c1-4-11-8-12(15(3)14-11)7-10-5-6-13(16)9(10)2/h8-10,13,16H,4-7H2,1-3H3. The van der Waals surface area contributed by atoms with Gasteiger partial charge in [0.15, 0.2) is 0 Å². The maximum atomic E-state index is 9.74. The third-order valence-electron chi connectivity index (χ3n) is 4.04. The van der Waals surface area contributed by atoms with Crippen LogP contribution in [-0.4, -0.2) is 21.0 Å². The number of aryl methyl sites for hydroxylation is 2. The number of nitrogens with zero attached hydrogens (tertiary/aromatic N) is 2. The summed E-state index contributed by atoms with van der Waals surface area (Å²) in [5.41, 5.74) is 2.48. The molecule has 1 saturated carbocycles. The van der Waals surface area contributed by atoms with E-state index in [9.17, 15) is 5.11 Å². The molecule has 0 saturated heterocycles. The summed E-state index contributed by atoms with van der Waals surface area (Å²) in [7, 11) is 2.02. The highest BCUT2D eigenvalue weighted by Crippen LogP contribution is 2.34. The molecule has 1 aliphatic carbocycles. The zero-order valence-electron chi connectivity index (χ0n) is 10.5. The maximum Gasteiger partial charge on any atom is 0.0624 e. The van der Waals surface area contributed by atoms with Gasteiger partial charge in [0.05, 0.1) is 11.8 Å². The van der Waals surface area contributed by atoms with Crippen molar-refractivity contribution in [2.24, 2.45) is 18.9 Å². The number of hydrogen-bond acceptors (Lipinski definition) is 2. The summed E-state index contributed by atoms with van der Waals surface area (Å²) >= 11 is 0. The van der Waals surface area contributed by atoms with Gasteiger partial charge in [-0.2, -0.15) is 5.10 Å². The molecule has 2 rings (SSSR count). The van der Waals surface area contributed by atoms with E-state index in [1.54, 1.807) is 0 Å². The predicted octanol–water partition coefficient (Wildman–Crippen LogP) is 1.93. The monoisotopic (exact) mass is 222 g/mol. The lowest BCUT2D eigenvalue weighted by Crippen LogP contribution is -2.17. The Balaban J connectivity index is 2.06. The van der Waals surface area contributed by atoms with Gasteiger partial charge >= 0.3 is 0 Å². The Morgan fingerprint density at radius 3 is 2.75 bits per heavy atom. The van der Waals surface area contributed by atoms with E-state index in [2.05, 4.69) is 25.0 Å². The predicted molar refractivity (Wildman–Crippen MR) is 64.2 cm³/mol. The van der Waals surface area contributed by atoms with Crippen LogP contribution in [0, 0.1) is 11.8 Å². The SMILES string of the molecule is CCc1cc(CC2CCC(O)C2C)n(C)n1. The van der Waals surface area contributed by atoms with Gasteiger partial charge in [-0.05, 0) is 43.6 Å². The normalized spacial score (nSPS) is 29.9. The van der Waals surface area contributed by atoms with Crippen molar-refractivity contribution in [2.75, 3.05) is 0 Å². The van der Waals surface area contributed by atoms with Crippen LogP contribution in [0.4, 0.5) is 0 Å². The highest BCUT2D eigenvalue weighted by Gasteiger charge is 2.31. The van der Waals surface area contributed by atoms with Gasteiger partial charge in [0.2, 0.25) is 0 Å². The van der Waals surface area contributed by atoms with E-state index in [4.69, 9.17) is 0 Å². The van der Waals surface area contributed by atoms with E-state index in [-0.39, 0.29) is 6.10 Å². The first-order valence-electron chi connectivity index (χ1n) is 6.31. The van der Waals surface area contributed by atoms with Crippen molar-refractivity contribution in [3.8, 4) is 0 Å². The van der Waals surface area contributed by atoms with Gasteiger partial charge in [-0.25, -0.2) is 0 Å². The van der Waals surface area contributed by atoms with Crippen molar-refractivity contribution in [3.63, 3.8) is 0 Å². The van der Waals surface area contributed by atoms with Crippen LogP contribution < -0.4 is 0 Å². The number of aromatic nitrogens is 2. The van der Waals surface area contributed by atoms with E-state index in [1.165, 1.54) is 11.4 Å². The van der Waals surface area contributed by atoms with E-state index < -0.39 is 0 Å². The van der Waals surface area contributed by atoms with Gasteiger partial charge in [0, 0.05) is 12.7 Å². The third kappa shape index (κ3) is 2.14. The molecule has 90 valence electrons. The molecule has 3 unspecified atom stereocenters. The molecule has 3 heteroatoms. The summed E-state index contributed by atoms with van der Waals surface area (Å²) in [5, 5.41) is 14.2. The Labute approximate surface area is 97.5 Å². The molecule has 0 aromatic carbocycles. The lowest BCUT2D eigenvalue weighted by atomic mass is 9.92. The average Bonchev–Trinajstić information content (AvgIpc) is 2.77. The summed E-state index contributed by atoms with van der Waals surface area (Å²) in [6.07, 6.45) is 4.07. The molecule has 1 heterocycles. The largest absolute Gasteiger partial charge is 0.393 e. The fourth-order valence-corrected chi connectivity index (χ4v) is 2.72. The zero-order valence-corrected chi connectivity index (χ0v) is 10.5. The van der Waals surface area contributed by atoms with Gasteiger partial charge in [-0.3, -0.25) is 4.68 Å². The van der Waals surface area contributed by atoms with E-state index in [0.29, 0.717) is 11.8 Å². The average molecular weight is 222 g/mol. The van der Waals surface area contributed by atoms with Crippen LogP contribution in [0.15, 0.2) is 6.07 Å². The summed E-state index contributed by atoms with van der Waals surface area (Å²) in [4.78, 5) is 0. The van der Waals surface area contributed by atoms with Crippen LogP contribution in [0.25, 0.3) is 0 Å². The minimum Gasteiger partial charge on any atom is -0.393 e. The second kappa shape index (κ2) is 4.58. The molecule has 0 bridgehead atoms. The first-order valence-corrected chi connectivity index (χ1v) is 6.31. The van der Waals surface area contributed by atoms with Crippen LogP contribution in [0.1, 0.15) is 38.1 Å². The number of rotatable bonds is 3. The molecule has 0 amide bonds. The maximum absolute atomic E-state index is 9.74. The Bertz CT molecular complexity index is 359. The van der Waals surface area contributed by atoms with Crippen molar-refractivity contribution < 1.29 is 5.11 Å². The Hall–Kier alpha value is -0.830. The molecule has 1 aromatic heterocycles. The zero-order chi connectivity index (χ0) is 11.7. The summed E-state index contributed by atoms with van der Waals surface area (Å²) in [5.74, 6) is 1.05. The summed E-state index contributed by atoms with van der Waals surface area (Å²) < 4.78 is 2.00. The van der Waals surface area contributed by atoms with Crippen molar-refractivity contribution in [1.29, 1.82) is 0 Å². The second-order valence-corrected chi connectivity index (χ2v) is 5.07. The topological polar surface area (TPSA) is 38.0 Å². The van der Waals surface area contributed by atoms with Crippen molar-refractivity contribution in [3.05, 3.63) is 17.5 Å². The van der Waals surface area contributed by atoms with Gasteiger partial charge in [-0.15, -0.1) is 0 Å². The molecule has 1 fully saturated rings. The fraction of sp³-hybridized carbons (Fsp3) is 0.769. The molecule has 0 spiro atoms. The number of aliphatic hydroxyl groups is 1. The van der Waals surface area contributed by atoms with Gasteiger partial charge < -0.3 is 5.11 Å². The lowest BCUT2D eigenvalue weighted by Gasteiger charge is -2.17. The van der Waals surface area contributed by atoms with Crippen molar-refractivity contribution in [1.82, 2.24) is 9.78 Å². The number of aliphatic hydroxyl groups excluding tert-OH is 1. The fourth-order valence-electron chi connectivity index (χ4n) is 2.72. The van der Waals surface area contributed by atoms with Crippen LogP contribution in [0.2, 0.25) is 0 Å². The molecule has 0 aliphatic heterocycles. The summed E-state index contributed by atoms with van der Waals surface area (Å²) in [6.45, 7) is 4.30. The highest BCUT2D eigenvalue weighted by atomic mass is 16.3. The van der Waals surface area contributed by atoms with Gasteiger partial charge in [0.1, 0.15) is 0 Å². The van der Waals surface area contributed by atoms with Crippen molar-refractivity contribution >= 4 is 0 Å².